The Bertz CT molecular complexity index is 485. The molecule has 1 aromatic carbocycles. The molecular formula is C15H20N2O2. The predicted molar refractivity (Wildman–Crippen MR) is 74.3 cm³/mol. The highest BCUT2D eigenvalue weighted by atomic mass is 16.3. The highest BCUT2D eigenvalue weighted by Crippen LogP contribution is 2.44. The summed E-state index contributed by atoms with van der Waals surface area (Å²) < 4.78 is 0. The third kappa shape index (κ3) is 2.21. The van der Waals surface area contributed by atoms with Crippen LogP contribution in [0.3, 0.4) is 0 Å². The minimum atomic E-state index is -0.598. The first kappa shape index (κ1) is 12.5. The molecule has 102 valence electrons. The smallest absolute Gasteiger partial charge is 0.254 e. The lowest BCUT2D eigenvalue weighted by molar-refractivity contribution is -0.0958. The molecule has 1 aromatic rings. The van der Waals surface area contributed by atoms with Crippen LogP contribution in [0.2, 0.25) is 0 Å². The lowest BCUT2D eigenvalue weighted by Gasteiger charge is -2.47. The highest BCUT2D eigenvalue weighted by Gasteiger charge is 2.53. The van der Waals surface area contributed by atoms with E-state index in [0.717, 1.165) is 18.5 Å². The standard InChI is InChI=1S/C15H20N2O2/c1-16(2)13-7-3-11(4-8-13)14(18)17-9-15(19,10-17)12-5-6-12/h3-4,7-8,12,19H,5-6,9-10H2,1-2H3. The first-order valence-electron chi connectivity index (χ1n) is 6.79. The van der Waals surface area contributed by atoms with E-state index in [1.807, 2.05) is 43.3 Å². The molecule has 0 spiro atoms. The zero-order chi connectivity index (χ0) is 13.6. The van der Waals surface area contributed by atoms with Crippen LogP contribution in [0, 0.1) is 5.92 Å². The van der Waals surface area contributed by atoms with E-state index < -0.39 is 5.60 Å². The number of rotatable bonds is 3. The molecule has 1 heterocycles. The molecule has 0 bridgehead atoms. The fourth-order valence-electron chi connectivity index (χ4n) is 2.72. The third-order valence-electron chi connectivity index (χ3n) is 4.18. The number of β-amino-alcohol motifs (C(OH)–C–C–N with tert-alkyl or cyclic N) is 1. The van der Waals surface area contributed by atoms with Gasteiger partial charge in [-0.3, -0.25) is 4.79 Å². The Morgan fingerprint density at radius 1 is 1.26 bits per heavy atom. The van der Waals surface area contributed by atoms with Crippen LogP contribution in [0.25, 0.3) is 0 Å². The Labute approximate surface area is 113 Å². The van der Waals surface area contributed by atoms with Gasteiger partial charge >= 0.3 is 0 Å². The molecule has 1 saturated carbocycles. The monoisotopic (exact) mass is 260 g/mol. The van der Waals surface area contributed by atoms with E-state index in [2.05, 4.69) is 0 Å². The van der Waals surface area contributed by atoms with Gasteiger partial charge in [-0.05, 0) is 43.0 Å². The summed E-state index contributed by atoms with van der Waals surface area (Å²) in [7, 11) is 3.95. The molecule has 3 rings (SSSR count). The zero-order valence-corrected chi connectivity index (χ0v) is 11.5. The average Bonchev–Trinajstić information content (AvgIpc) is 3.18. The van der Waals surface area contributed by atoms with Crippen LogP contribution in [-0.4, -0.2) is 48.7 Å². The molecule has 19 heavy (non-hydrogen) atoms. The van der Waals surface area contributed by atoms with Crippen molar-refractivity contribution in [3.63, 3.8) is 0 Å². The summed E-state index contributed by atoms with van der Waals surface area (Å²) in [6.07, 6.45) is 2.21. The summed E-state index contributed by atoms with van der Waals surface area (Å²) in [6, 6.07) is 7.60. The molecule has 1 amide bonds. The lowest BCUT2D eigenvalue weighted by Crippen LogP contribution is -2.64. The molecule has 1 saturated heterocycles. The quantitative estimate of drug-likeness (QED) is 0.892. The maximum atomic E-state index is 12.2. The van der Waals surface area contributed by atoms with Crippen molar-refractivity contribution in [2.75, 3.05) is 32.1 Å². The van der Waals surface area contributed by atoms with Crippen LogP contribution in [0.1, 0.15) is 23.2 Å². The number of hydrogen-bond acceptors (Lipinski definition) is 3. The first-order valence-corrected chi connectivity index (χ1v) is 6.79. The van der Waals surface area contributed by atoms with Crippen LogP contribution in [0.4, 0.5) is 5.69 Å². The van der Waals surface area contributed by atoms with E-state index >= 15 is 0 Å². The van der Waals surface area contributed by atoms with Crippen molar-refractivity contribution in [2.24, 2.45) is 5.92 Å². The van der Waals surface area contributed by atoms with E-state index in [4.69, 9.17) is 0 Å². The van der Waals surface area contributed by atoms with Gasteiger partial charge in [-0.2, -0.15) is 0 Å². The van der Waals surface area contributed by atoms with E-state index in [1.54, 1.807) is 4.90 Å². The Balaban J connectivity index is 1.65. The average molecular weight is 260 g/mol. The van der Waals surface area contributed by atoms with Gasteiger partial charge in [0.15, 0.2) is 0 Å². The van der Waals surface area contributed by atoms with Crippen LogP contribution in [-0.2, 0) is 0 Å². The van der Waals surface area contributed by atoms with Gasteiger partial charge in [0.05, 0.1) is 13.1 Å². The van der Waals surface area contributed by atoms with E-state index in [9.17, 15) is 9.90 Å². The predicted octanol–water partition coefficient (Wildman–Crippen LogP) is 1.35. The van der Waals surface area contributed by atoms with E-state index in [1.165, 1.54) is 0 Å². The zero-order valence-electron chi connectivity index (χ0n) is 11.5. The van der Waals surface area contributed by atoms with Gasteiger partial charge in [0.25, 0.3) is 5.91 Å². The van der Waals surface area contributed by atoms with Gasteiger partial charge in [-0.25, -0.2) is 0 Å². The molecule has 1 N–H and O–H groups in total. The molecule has 1 aliphatic heterocycles. The Morgan fingerprint density at radius 3 is 2.32 bits per heavy atom. The number of carbonyl (C=O) groups is 1. The maximum Gasteiger partial charge on any atom is 0.254 e. The minimum absolute atomic E-state index is 0.0237. The summed E-state index contributed by atoms with van der Waals surface area (Å²) in [5.74, 6) is 0.447. The minimum Gasteiger partial charge on any atom is -0.386 e. The topological polar surface area (TPSA) is 43.8 Å². The number of benzene rings is 1. The van der Waals surface area contributed by atoms with Crippen molar-refractivity contribution in [3.05, 3.63) is 29.8 Å². The van der Waals surface area contributed by atoms with E-state index in [0.29, 0.717) is 24.6 Å². The fraction of sp³-hybridized carbons (Fsp3) is 0.533. The second kappa shape index (κ2) is 4.23. The molecule has 0 unspecified atom stereocenters. The second-order valence-corrected chi connectivity index (χ2v) is 5.98. The molecule has 4 nitrogen and oxygen atoms in total. The molecule has 0 atom stereocenters. The summed E-state index contributed by atoms with van der Waals surface area (Å²) >= 11 is 0. The molecule has 2 aliphatic rings. The second-order valence-electron chi connectivity index (χ2n) is 5.98. The van der Waals surface area contributed by atoms with Gasteiger partial charge in [-0.15, -0.1) is 0 Å². The van der Waals surface area contributed by atoms with Gasteiger partial charge in [0.2, 0.25) is 0 Å². The number of anilines is 1. The van der Waals surface area contributed by atoms with Crippen molar-refractivity contribution in [2.45, 2.75) is 18.4 Å². The number of carbonyl (C=O) groups excluding carboxylic acids is 1. The van der Waals surface area contributed by atoms with Crippen LogP contribution >= 0.6 is 0 Å². The van der Waals surface area contributed by atoms with Crippen LogP contribution < -0.4 is 4.90 Å². The number of amides is 1. The number of likely N-dealkylation sites (tertiary alicyclic amines) is 1. The Hall–Kier alpha value is -1.55. The van der Waals surface area contributed by atoms with Crippen molar-refractivity contribution < 1.29 is 9.90 Å². The molecule has 0 radical (unpaired) electrons. The van der Waals surface area contributed by atoms with Crippen molar-refractivity contribution in [3.8, 4) is 0 Å². The fourth-order valence-corrected chi connectivity index (χ4v) is 2.72. The van der Waals surface area contributed by atoms with Crippen LogP contribution in [0.5, 0.6) is 0 Å². The number of hydrogen-bond donors (Lipinski definition) is 1. The maximum absolute atomic E-state index is 12.2. The number of aliphatic hydroxyl groups is 1. The Morgan fingerprint density at radius 2 is 1.84 bits per heavy atom. The summed E-state index contributed by atoms with van der Waals surface area (Å²) in [5.41, 5.74) is 1.18. The van der Waals surface area contributed by atoms with Gasteiger partial charge in [-0.1, -0.05) is 0 Å². The van der Waals surface area contributed by atoms with Crippen molar-refractivity contribution in [1.82, 2.24) is 4.90 Å². The first-order chi connectivity index (χ1) is 8.99. The van der Waals surface area contributed by atoms with Crippen molar-refractivity contribution in [1.29, 1.82) is 0 Å². The van der Waals surface area contributed by atoms with Gasteiger partial charge in [0.1, 0.15) is 5.60 Å². The molecular weight excluding hydrogens is 240 g/mol. The molecule has 1 aliphatic carbocycles. The SMILES string of the molecule is CN(C)c1ccc(C(=O)N2CC(O)(C3CC3)C2)cc1. The van der Waals surface area contributed by atoms with E-state index in [-0.39, 0.29) is 5.91 Å². The number of nitrogens with zero attached hydrogens (tertiary/aromatic N) is 2. The molecule has 0 aromatic heterocycles. The van der Waals surface area contributed by atoms with Crippen LogP contribution in [0.15, 0.2) is 24.3 Å². The summed E-state index contributed by atoms with van der Waals surface area (Å²) in [6.45, 7) is 0.984. The highest BCUT2D eigenvalue weighted by molar-refractivity contribution is 5.95. The normalized spacial score (nSPS) is 20.9. The summed E-state index contributed by atoms with van der Waals surface area (Å²) in [4.78, 5) is 16.0. The molecule has 2 fully saturated rings. The van der Waals surface area contributed by atoms with Gasteiger partial charge < -0.3 is 14.9 Å². The lowest BCUT2D eigenvalue weighted by atomic mass is 9.88. The molecule has 4 heteroatoms. The third-order valence-corrected chi connectivity index (χ3v) is 4.18. The van der Waals surface area contributed by atoms with Crippen molar-refractivity contribution >= 4 is 11.6 Å². The van der Waals surface area contributed by atoms with Gasteiger partial charge in [0, 0.05) is 25.3 Å². The Kier molecular flexibility index (Phi) is 2.78. The largest absolute Gasteiger partial charge is 0.386 e. The summed E-state index contributed by atoms with van der Waals surface area (Å²) in [5, 5.41) is 10.2.